The molecule has 0 bridgehead atoms. The maximum absolute atomic E-state index is 13.6. The van der Waals surface area contributed by atoms with Crippen molar-refractivity contribution >= 4 is 17.2 Å². The van der Waals surface area contributed by atoms with E-state index < -0.39 is 35.3 Å². The van der Waals surface area contributed by atoms with Gasteiger partial charge in [0.15, 0.2) is 23.0 Å². The van der Waals surface area contributed by atoms with Gasteiger partial charge in [-0.1, -0.05) is 18.2 Å². The van der Waals surface area contributed by atoms with E-state index in [1.165, 1.54) is 7.05 Å². The first kappa shape index (κ1) is 21.1. The smallest absolute Gasteiger partial charge is 0.371 e. The van der Waals surface area contributed by atoms with Crippen LogP contribution in [-0.2, 0) is 12.4 Å². The Bertz CT molecular complexity index is 1050. The van der Waals surface area contributed by atoms with Crippen molar-refractivity contribution in [1.29, 1.82) is 0 Å². The van der Waals surface area contributed by atoms with E-state index in [2.05, 4.69) is 30.5 Å². The van der Waals surface area contributed by atoms with Crippen LogP contribution in [-0.4, -0.2) is 22.0 Å². The van der Waals surface area contributed by atoms with Crippen LogP contribution in [0.15, 0.2) is 58.9 Å². The van der Waals surface area contributed by atoms with Crippen LogP contribution in [0.5, 0.6) is 0 Å². The van der Waals surface area contributed by atoms with Gasteiger partial charge in [-0.05, 0) is 24.3 Å². The number of halogens is 6. The lowest BCUT2D eigenvalue weighted by Crippen LogP contribution is -2.12. The van der Waals surface area contributed by atoms with Crippen molar-refractivity contribution < 1.29 is 26.3 Å². The summed E-state index contributed by atoms with van der Waals surface area (Å²) in [5.74, 6) is -0.765. The molecule has 0 radical (unpaired) electrons. The highest BCUT2D eigenvalue weighted by atomic mass is 19.4. The summed E-state index contributed by atoms with van der Waals surface area (Å²) in [4.78, 5) is 10.6. The Hall–Kier alpha value is -3.57. The van der Waals surface area contributed by atoms with Crippen molar-refractivity contribution in [2.45, 2.75) is 12.4 Å². The second-order valence-electron chi connectivity index (χ2n) is 5.81. The lowest BCUT2D eigenvalue weighted by atomic mass is 10.2. The highest BCUT2D eigenvalue weighted by Gasteiger charge is 2.38. The Labute approximate surface area is 165 Å². The van der Waals surface area contributed by atoms with E-state index in [1.54, 1.807) is 30.3 Å². The molecule has 3 rings (SSSR count). The van der Waals surface area contributed by atoms with E-state index in [4.69, 9.17) is 0 Å². The molecule has 2 heterocycles. The van der Waals surface area contributed by atoms with Crippen LogP contribution in [0.25, 0.3) is 11.4 Å². The molecule has 0 unspecified atom stereocenters. The number of nitrogens with one attached hydrogen (secondary N) is 1. The molecule has 3 aromatic rings. The summed E-state index contributed by atoms with van der Waals surface area (Å²) in [6.45, 7) is 0. The number of aromatic nitrogens is 3. The van der Waals surface area contributed by atoms with Crippen molar-refractivity contribution in [2.24, 2.45) is 10.2 Å². The minimum absolute atomic E-state index is 0.128. The van der Waals surface area contributed by atoms with Crippen LogP contribution >= 0.6 is 0 Å². The van der Waals surface area contributed by atoms with Crippen molar-refractivity contribution in [2.75, 3.05) is 12.4 Å². The Morgan fingerprint density at radius 3 is 2.07 bits per heavy atom. The first-order valence-electron chi connectivity index (χ1n) is 8.27. The fraction of sp³-hybridized carbons (Fsp3) is 0.167. The van der Waals surface area contributed by atoms with Gasteiger partial charge in [0.05, 0.1) is 5.69 Å². The average Bonchev–Trinajstić information content (AvgIpc) is 2.71. The lowest BCUT2D eigenvalue weighted by Gasteiger charge is -2.14. The van der Waals surface area contributed by atoms with Gasteiger partial charge in [-0.15, -0.1) is 5.11 Å². The van der Waals surface area contributed by atoms with Crippen LogP contribution in [0.3, 0.4) is 0 Å². The van der Waals surface area contributed by atoms with Gasteiger partial charge in [-0.25, -0.2) is 9.97 Å². The predicted molar refractivity (Wildman–Crippen MR) is 95.4 cm³/mol. The number of nitrogens with zero attached hydrogens (tertiary/aromatic N) is 5. The molecular weight excluding hydrogens is 414 g/mol. The van der Waals surface area contributed by atoms with Crippen LogP contribution in [0.4, 0.5) is 43.5 Å². The Kier molecular flexibility index (Phi) is 5.67. The second kappa shape index (κ2) is 8.05. The topological polar surface area (TPSA) is 75.4 Å². The minimum Gasteiger partial charge on any atom is -0.371 e. The van der Waals surface area contributed by atoms with Gasteiger partial charge in [-0.3, -0.25) is 4.98 Å². The first-order valence-corrected chi connectivity index (χ1v) is 8.27. The molecule has 0 amide bonds. The maximum Gasteiger partial charge on any atom is 0.435 e. The van der Waals surface area contributed by atoms with Gasteiger partial charge in [0.2, 0.25) is 0 Å². The number of rotatable bonds is 4. The number of anilines is 1. The summed E-state index contributed by atoms with van der Waals surface area (Å²) >= 11 is 0. The van der Waals surface area contributed by atoms with Crippen molar-refractivity contribution in [3.63, 3.8) is 0 Å². The molecule has 0 fully saturated rings. The van der Waals surface area contributed by atoms with Gasteiger partial charge in [0, 0.05) is 18.8 Å². The summed E-state index contributed by atoms with van der Waals surface area (Å²) in [6.07, 6.45) is -8.86. The molecular formula is C18H12F6N6. The van der Waals surface area contributed by atoms with E-state index >= 15 is 0 Å². The zero-order chi connectivity index (χ0) is 21.9. The minimum atomic E-state index is -4.92. The van der Waals surface area contributed by atoms with E-state index in [-0.39, 0.29) is 11.4 Å². The van der Waals surface area contributed by atoms with Crippen molar-refractivity contribution in [3.8, 4) is 11.4 Å². The average molecular weight is 426 g/mol. The molecule has 6 nitrogen and oxygen atoms in total. The monoisotopic (exact) mass is 426 g/mol. The highest BCUT2D eigenvalue weighted by molar-refractivity contribution is 5.68. The molecule has 1 aromatic carbocycles. The van der Waals surface area contributed by atoms with E-state index in [9.17, 15) is 26.3 Å². The van der Waals surface area contributed by atoms with E-state index in [0.29, 0.717) is 11.8 Å². The molecule has 2 aromatic heterocycles. The summed E-state index contributed by atoms with van der Waals surface area (Å²) in [7, 11) is 1.32. The number of alkyl halides is 6. The SMILES string of the molecule is CNc1nc(-c2ccc(C(F)(F)F)nc2)nc(C(F)(F)F)c1N=Nc1ccccc1. The molecule has 0 aliphatic rings. The van der Waals surface area contributed by atoms with Crippen LogP contribution < -0.4 is 5.32 Å². The van der Waals surface area contributed by atoms with Gasteiger partial charge >= 0.3 is 12.4 Å². The fourth-order valence-corrected chi connectivity index (χ4v) is 2.35. The standard InChI is InChI=1S/C18H12F6N6/c1-25-16-13(30-29-11-5-3-2-4-6-11)14(18(22,23)24)27-15(28-16)10-7-8-12(26-9-10)17(19,20)21/h2-9H,1H3,(H,25,27,28). The first-order chi connectivity index (χ1) is 14.1. The predicted octanol–water partition coefficient (Wildman–Crippen LogP) is 6.03. The third-order valence-electron chi connectivity index (χ3n) is 3.72. The summed E-state index contributed by atoms with van der Waals surface area (Å²) in [5, 5.41) is 9.90. The number of hydrogen-bond acceptors (Lipinski definition) is 6. The molecule has 0 spiro atoms. The number of benzene rings is 1. The third-order valence-corrected chi connectivity index (χ3v) is 3.72. The molecule has 0 saturated heterocycles. The quantitative estimate of drug-likeness (QED) is 0.408. The van der Waals surface area contributed by atoms with Gasteiger partial charge in [-0.2, -0.15) is 31.5 Å². The van der Waals surface area contributed by atoms with E-state index in [0.717, 1.165) is 12.3 Å². The molecule has 0 aliphatic heterocycles. The zero-order valence-electron chi connectivity index (χ0n) is 15.1. The number of pyridine rings is 1. The number of azo groups is 1. The van der Waals surface area contributed by atoms with Crippen LogP contribution in [0.2, 0.25) is 0 Å². The van der Waals surface area contributed by atoms with Crippen LogP contribution in [0, 0.1) is 0 Å². The lowest BCUT2D eigenvalue weighted by molar-refractivity contribution is -0.141. The molecule has 0 saturated carbocycles. The Morgan fingerprint density at radius 1 is 0.833 bits per heavy atom. The maximum atomic E-state index is 13.6. The normalized spacial score (nSPS) is 12.4. The van der Waals surface area contributed by atoms with Crippen molar-refractivity contribution in [1.82, 2.24) is 15.0 Å². The van der Waals surface area contributed by atoms with E-state index in [1.807, 2.05) is 0 Å². The van der Waals surface area contributed by atoms with Gasteiger partial charge in [0.1, 0.15) is 5.69 Å². The Morgan fingerprint density at radius 2 is 1.53 bits per heavy atom. The molecule has 156 valence electrons. The number of hydrogen-bond donors (Lipinski definition) is 1. The summed E-state index contributed by atoms with van der Waals surface area (Å²) in [5.41, 5.74) is -3.06. The molecule has 12 heteroatoms. The van der Waals surface area contributed by atoms with Gasteiger partial charge in [0.25, 0.3) is 0 Å². The molecule has 30 heavy (non-hydrogen) atoms. The zero-order valence-corrected chi connectivity index (χ0v) is 15.1. The molecule has 1 N–H and O–H groups in total. The largest absolute Gasteiger partial charge is 0.435 e. The van der Waals surface area contributed by atoms with Gasteiger partial charge < -0.3 is 5.32 Å². The fourth-order valence-electron chi connectivity index (χ4n) is 2.35. The second-order valence-corrected chi connectivity index (χ2v) is 5.81. The molecule has 0 atom stereocenters. The van der Waals surface area contributed by atoms with Crippen LogP contribution in [0.1, 0.15) is 11.4 Å². The Balaban J connectivity index is 2.10. The third kappa shape index (κ3) is 4.70. The highest BCUT2D eigenvalue weighted by Crippen LogP contribution is 2.40. The summed E-state index contributed by atoms with van der Waals surface area (Å²) in [6, 6.07) is 9.63. The molecule has 0 aliphatic carbocycles. The van der Waals surface area contributed by atoms with Crippen molar-refractivity contribution in [3.05, 3.63) is 60.0 Å². The summed E-state index contributed by atoms with van der Waals surface area (Å²) < 4.78 is 78.9.